The highest BCUT2D eigenvalue weighted by atomic mass is 14.4. The Morgan fingerprint density at radius 1 is 0.958 bits per heavy atom. The zero-order valence-corrected chi connectivity index (χ0v) is 17.8. The van der Waals surface area contributed by atoms with Crippen LogP contribution in [-0.2, 0) is 0 Å². The minimum atomic E-state index is 0. The van der Waals surface area contributed by atoms with Crippen molar-refractivity contribution >= 4 is 0 Å². The third kappa shape index (κ3) is 6.26. The van der Waals surface area contributed by atoms with Gasteiger partial charge in [-0.25, -0.2) is 0 Å². The maximum absolute atomic E-state index is 2.47. The molecule has 0 saturated heterocycles. The highest BCUT2D eigenvalue weighted by Gasteiger charge is 2.36. The van der Waals surface area contributed by atoms with Gasteiger partial charge in [-0.05, 0) is 89.9 Å². The van der Waals surface area contributed by atoms with Crippen LogP contribution < -0.4 is 0 Å². The first-order valence-electron chi connectivity index (χ1n) is 10.1. The second-order valence-corrected chi connectivity index (χ2v) is 9.30. The molecule has 0 N–H and O–H groups in total. The van der Waals surface area contributed by atoms with E-state index in [1.54, 1.807) is 16.7 Å². The fourth-order valence-electron chi connectivity index (χ4n) is 3.93. The van der Waals surface area contributed by atoms with Crippen LogP contribution in [0.5, 0.6) is 0 Å². The Balaban J connectivity index is 0.00000576. The smallest absolute Gasteiger partial charge is 0 e. The van der Waals surface area contributed by atoms with Gasteiger partial charge in [0.1, 0.15) is 0 Å². The minimum Gasteiger partial charge on any atom is -0.0887 e. The molecule has 0 bridgehead atoms. The minimum absolute atomic E-state index is 0. The predicted molar refractivity (Wildman–Crippen MR) is 113 cm³/mol. The molecule has 0 spiro atoms. The Labute approximate surface area is 154 Å². The molecule has 0 aliphatic heterocycles. The standard InChI is InChI=1S/C24H42.H2/c1-9-19(2)13-10-11-14-20(3)15-12-16-22-21(4)23(5,6)17-18-24(22,7)8;/h9,14H,10-13,15-18H2,1-8H3;1H/b19-9-,20-14+;. The summed E-state index contributed by atoms with van der Waals surface area (Å²) in [5, 5.41) is 0. The molecular weight excluding hydrogens is 288 g/mol. The molecule has 0 atom stereocenters. The van der Waals surface area contributed by atoms with Crippen LogP contribution in [-0.4, -0.2) is 0 Å². The van der Waals surface area contributed by atoms with E-state index in [9.17, 15) is 0 Å². The summed E-state index contributed by atoms with van der Waals surface area (Å²) in [6.45, 7) is 18.8. The van der Waals surface area contributed by atoms with Crippen molar-refractivity contribution in [1.29, 1.82) is 0 Å². The summed E-state index contributed by atoms with van der Waals surface area (Å²) in [6, 6.07) is 0. The predicted octanol–water partition coefficient (Wildman–Crippen LogP) is 8.65. The molecular formula is C24H44. The lowest BCUT2D eigenvalue weighted by Crippen LogP contribution is -2.30. The van der Waals surface area contributed by atoms with Crippen LogP contribution in [0.4, 0.5) is 0 Å². The zero-order valence-electron chi connectivity index (χ0n) is 17.8. The maximum atomic E-state index is 2.47. The SMILES string of the molecule is C/C=C(/C)CCC/C=C(\C)CCCC1=C(C)C(C)(C)CCC1(C)C.[HH]. The van der Waals surface area contributed by atoms with Crippen molar-refractivity contribution in [2.24, 2.45) is 10.8 Å². The van der Waals surface area contributed by atoms with Crippen LogP contribution in [0.1, 0.15) is 108 Å². The van der Waals surface area contributed by atoms with Crippen molar-refractivity contribution in [2.75, 3.05) is 0 Å². The van der Waals surface area contributed by atoms with Gasteiger partial charge < -0.3 is 0 Å². The zero-order chi connectivity index (χ0) is 18.4. The molecule has 0 aromatic rings. The van der Waals surface area contributed by atoms with E-state index in [2.05, 4.69) is 67.5 Å². The first-order valence-corrected chi connectivity index (χ1v) is 10.1. The largest absolute Gasteiger partial charge is 0.0887 e. The van der Waals surface area contributed by atoms with Crippen LogP contribution in [0.3, 0.4) is 0 Å². The summed E-state index contributed by atoms with van der Waals surface area (Å²) in [5.41, 5.74) is 7.32. The lowest BCUT2D eigenvalue weighted by molar-refractivity contribution is 0.254. The monoisotopic (exact) mass is 332 g/mol. The number of rotatable bonds is 8. The van der Waals surface area contributed by atoms with Crippen LogP contribution in [0.2, 0.25) is 0 Å². The summed E-state index contributed by atoms with van der Waals surface area (Å²) in [5.74, 6) is 0. The van der Waals surface area contributed by atoms with Crippen molar-refractivity contribution in [3.05, 3.63) is 34.4 Å². The molecule has 0 saturated carbocycles. The van der Waals surface area contributed by atoms with Gasteiger partial charge in [0.15, 0.2) is 0 Å². The molecule has 0 heteroatoms. The van der Waals surface area contributed by atoms with Crippen molar-refractivity contribution in [2.45, 2.75) is 107 Å². The van der Waals surface area contributed by atoms with Gasteiger partial charge in [-0.1, -0.05) is 62.1 Å². The lowest BCUT2D eigenvalue weighted by Gasteiger charge is -2.43. The molecule has 0 fully saturated rings. The molecule has 140 valence electrons. The topological polar surface area (TPSA) is 0 Å². The highest BCUT2D eigenvalue weighted by molar-refractivity contribution is 5.27. The maximum Gasteiger partial charge on any atom is 0 e. The molecule has 0 heterocycles. The third-order valence-corrected chi connectivity index (χ3v) is 6.42. The summed E-state index contributed by atoms with van der Waals surface area (Å²) in [7, 11) is 0. The molecule has 0 aromatic heterocycles. The fraction of sp³-hybridized carbons (Fsp3) is 0.750. The van der Waals surface area contributed by atoms with Crippen LogP contribution in [0, 0.1) is 10.8 Å². The summed E-state index contributed by atoms with van der Waals surface area (Å²) < 4.78 is 0. The Morgan fingerprint density at radius 2 is 1.54 bits per heavy atom. The number of allylic oxidation sites excluding steroid dienone is 6. The molecule has 24 heavy (non-hydrogen) atoms. The fourth-order valence-corrected chi connectivity index (χ4v) is 3.93. The average Bonchev–Trinajstić information content (AvgIpc) is 2.51. The summed E-state index contributed by atoms with van der Waals surface area (Å²) in [6.07, 6.45) is 15.0. The van der Waals surface area contributed by atoms with E-state index < -0.39 is 0 Å². The average molecular weight is 333 g/mol. The molecule has 1 aliphatic carbocycles. The number of hydrogen-bond acceptors (Lipinski definition) is 0. The van der Waals surface area contributed by atoms with E-state index in [0.29, 0.717) is 10.8 Å². The summed E-state index contributed by atoms with van der Waals surface area (Å²) in [4.78, 5) is 0. The van der Waals surface area contributed by atoms with E-state index in [1.165, 1.54) is 56.9 Å². The second kappa shape index (κ2) is 9.07. The first kappa shape index (κ1) is 21.3. The molecule has 0 amide bonds. The van der Waals surface area contributed by atoms with Crippen molar-refractivity contribution in [3.8, 4) is 0 Å². The van der Waals surface area contributed by atoms with Gasteiger partial charge in [-0.2, -0.15) is 0 Å². The van der Waals surface area contributed by atoms with E-state index >= 15 is 0 Å². The molecule has 1 aliphatic rings. The number of hydrogen-bond donors (Lipinski definition) is 0. The van der Waals surface area contributed by atoms with Gasteiger partial charge >= 0.3 is 0 Å². The van der Waals surface area contributed by atoms with Crippen molar-refractivity contribution in [1.82, 2.24) is 0 Å². The van der Waals surface area contributed by atoms with Gasteiger partial charge in [0.2, 0.25) is 0 Å². The Kier molecular flexibility index (Phi) is 8.03. The van der Waals surface area contributed by atoms with Gasteiger partial charge in [-0.3, -0.25) is 0 Å². The van der Waals surface area contributed by atoms with Gasteiger partial charge in [0, 0.05) is 1.43 Å². The normalized spacial score (nSPS) is 21.3. The van der Waals surface area contributed by atoms with Crippen molar-refractivity contribution in [3.63, 3.8) is 0 Å². The van der Waals surface area contributed by atoms with Crippen LogP contribution >= 0.6 is 0 Å². The van der Waals surface area contributed by atoms with Gasteiger partial charge in [0.25, 0.3) is 0 Å². The van der Waals surface area contributed by atoms with Gasteiger partial charge in [0.05, 0.1) is 0 Å². The Morgan fingerprint density at radius 3 is 2.17 bits per heavy atom. The van der Waals surface area contributed by atoms with E-state index in [0.717, 1.165) is 0 Å². The second-order valence-electron chi connectivity index (χ2n) is 9.30. The van der Waals surface area contributed by atoms with E-state index in [-0.39, 0.29) is 1.43 Å². The Bertz CT molecular complexity index is 500. The molecule has 0 aromatic carbocycles. The lowest BCUT2D eigenvalue weighted by atomic mass is 9.62. The quantitative estimate of drug-likeness (QED) is 0.308. The van der Waals surface area contributed by atoms with Crippen LogP contribution in [0.25, 0.3) is 0 Å². The van der Waals surface area contributed by atoms with Crippen LogP contribution in [0.15, 0.2) is 34.4 Å². The Hall–Kier alpha value is -0.780. The molecule has 1 rings (SSSR count). The molecule has 0 unspecified atom stereocenters. The number of unbranched alkanes of at least 4 members (excludes halogenated alkanes) is 1. The highest BCUT2D eigenvalue weighted by Crippen LogP contribution is 2.50. The first-order chi connectivity index (χ1) is 11.1. The van der Waals surface area contributed by atoms with E-state index in [1.807, 2.05) is 0 Å². The molecule has 0 radical (unpaired) electrons. The summed E-state index contributed by atoms with van der Waals surface area (Å²) >= 11 is 0. The third-order valence-electron chi connectivity index (χ3n) is 6.42. The van der Waals surface area contributed by atoms with Gasteiger partial charge in [-0.15, -0.1) is 0 Å². The van der Waals surface area contributed by atoms with E-state index in [4.69, 9.17) is 0 Å². The van der Waals surface area contributed by atoms with Crippen molar-refractivity contribution < 1.29 is 1.43 Å². The molecule has 0 nitrogen and oxygen atoms in total.